The molecule has 1 unspecified atom stereocenters. The SMILES string of the molecule is COP(=O)(CCc1cc(Cl)c(N[C@@H](Cc2cccc(S(C)(=O)=O)c2)C(=O)O)c(Cl)c1)c1cccc(O)c1. The summed E-state index contributed by atoms with van der Waals surface area (Å²) >= 11 is 12.9. The number of carboxylic acid groups (broad SMARTS) is 1. The fraction of sp³-hybridized carbons (Fsp3) is 0.240. The first kappa shape index (κ1) is 29.0. The molecular weight excluding hydrogens is 560 g/mol. The molecule has 0 aliphatic carbocycles. The number of sulfone groups is 1. The van der Waals surface area contributed by atoms with E-state index in [0.717, 1.165) is 6.26 Å². The highest BCUT2D eigenvalue weighted by atomic mass is 35.5. The molecule has 3 rings (SSSR count). The van der Waals surface area contributed by atoms with Crippen molar-refractivity contribution in [1.82, 2.24) is 0 Å². The quantitative estimate of drug-likeness (QED) is 0.268. The van der Waals surface area contributed by atoms with Crippen molar-refractivity contribution in [2.45, 2.75) is 23.8 Å². The van der Waals surface area contributed by atoms with Gasteiger partial charge in [-0.05, 0) is 60.0 Å². The lowest BCUT2D eigenvalue weighted by Crippen LogP contribution is -2.31. The number of aryl methyl sites for hydroxylation is 1. The number of hydrogen-bond donors (Lipinski definition) is 3. The molecule has 0 aromatic heterocycles. The highest BCUT2D eigenvalue weighted by Gasteiger charge is 2.26. The van der Waals surface area contributed by atoms with Gasteiger partial charge in [-0.3, -0.25) is 4.57 Å². The molecule has 3 N–H and O–H groups in total. The van der Waals surface area contributed by atoms with Crippen LogP contribution in [0.25, 0.3) is 0 Å². The van der Waals surface area contributed by atoms with Gasteiger partial charge in [0.15, 0.2) is 9.84 Å². The minimum Gasteiger partial charge on any atom is -0.508 e. The Bertz CT molecular complexity index is 1440. The second kappa shape index (κ2) is 11.9. The van der Waals surface area contributed by atoms with E-state index in [2.05, 4.69) is 5.32 Å². The summed E-state index contributed by atoms with van der Waals surface area (Å²) in [7, 11) is -5.37. The third-order valence-corrected chi connectivity index (χ3v) is 9.87. The average molecular weight is 586 g/mol. The van der Waals surface area contributed by atoms with Crippen molar-refractivity contribution in [3.05, 3.63) is 81.8 Å². The Morgan fingerprint density at radius 2 is 1.70 bits per heavy atom. The van der Waals surface area contributed by atoms with Crippen molar-refractivity contribution in [1.29, 1.82) is 0 Å². The number of anilines is 1. The van der Waals surface area contributed by atoms with Crippen LogP contribution in [0.2, 0.25) is 10.0 Å². The van der Waals surface area contributed by atoms with Crippen molar-refractivity contribution >= 4 is 57.4 Å². The summed E-state index contributed by atoms with van der Waals surface area (Å²) in [6.07, 6.45) is 1.48. The number of benzene rings is 3. The van der Waals surface area contributed by atoms with E-state index in [4.69, 9.17) is 27.7 Å². The van der Waals surface area contributed by atoms with E-state index in [1.54, 1.807) is 36.4 Å². The van der Waals surface area contributed by atoms with Crippen molar-refractivity contribution < 1.29 is 32.5 Å². The predicted molar refractivity (Wildman–Crippen MR) is 146 cm³/mol. The molecule has 0 aliphatic heterocycles. The summed E-state index contributed by atoms with van der Waals surface area (Å²) in [5.74, 6) is -1.19. The third kappa shape index (κ3) is 7.49. The predicted octanol–water partition coefficient (Wildman–Crippen LogP) is 5.00. The standard InChI is InChI=1S/C25H26Cl2NO7PS/c1-35-36(32,19-7-4-6-18(29)15-19)10-9-17-12-21(26)24(22(27)13-17)28-23(25(30)31)14-16-5-3-8-20(11-16)37(2,33)34/h3-8,11-13,15,23,28-29H,9-10,14H2,1-2H3,(H,30,31)/t23-,36?/m0/s1. The number of aromatic hydroxyl groups is 1. The molecule has 0 radical (unpaired) electrons. The van der Waals surface area contributed by atoms with Gasteiger partial charge in [-0.15, -0.1) is 0 Å². The number of hydrogen-bond acceptors (Lipinski definition) is 7. The van der Waals surface area contributed by atoms with Gasteiger partial charge in [0, 0.05) is 31.3 Å². The van der Waals surface area contributed by atoms with E-state index < -0.39 is 29.2 Å². The van der Waals surface area contributed by atoms with Gasteiger partial charge in [0.2, 0.25) is 7.37 Å². The van der Waals surface area contributed by atoms with E-state index in [0.29, 0.717) is 22.9 Å². The second-order valence-electron chi connectivity index (χ2n) is 8.44. The Balaban J connectivity index is 1.79. The zero-order valence-corrected chi connectivity index (χ0v) is 23.2. The summed E-state index contributed by atoms with van der Waals surface area (Å²) < 4.78 is 42.3. The molecule has 0 amide bonds. The first-order valence-electron chi connectivity index (χ1n) is 11.0. The zero-order valence-electron chi connectivity index (χ0n) is 20.0. The molecule has 0 saturated carbocycles. The maximum absolute atomic E-state index is 13.3. The molecule has 0 bridgehead atoms. The number of nitrogens with one attached hydrogen (secondary N) is 1. The van der Waals surface area contributed by atoms with Crippen LogP contribution in [-0.4, -0.2) is 50.2 Å². The van der Waals surface area contributed by atoms with Gasteiger partial charge in [0.25, 0.3) is 0 Å². The van der Waals surface area contributed by atoms with Crippen molar-refractivity contribution in [3.63, 3.8) is 0 Å². The molecular formula is C25H26Cl2NO7PS. The maximum atomic E-state index is 13.3. The Morgan fingerprint density at radius 3 is 2.27 bits per heavy atom. The van der Waals surface area contributed by atoms with Gasteiger partial charge >= 0.3 is 5.97 Å². The molecule has 0 spiro atoms. The van der Waals surface area contributed by atoms with E-state index in [1.165, 1.54) is 31.4 Å². The third-order valence-electron chi connectivity index (χ3n) is 5.70. The van der Waals surface area contributed by atoms with E-state index in [-0.39, 0.29) is 39.0 Å². The lowest BCUT2D eigenvalue weighted by Gasteiger charge is -2.20. The Morgan fingerprint density at radius 1 is 1.05 bits per heavy atom. The molecule has 0 saturated heterocycles. The van der Waals surface area contributed by atoms with Crippen LogP contribution >= 0.6 is 30.6 Å². The van der Waals surface area contributed by atoms with Gasteiger partial charge in [-0.2, -0.15) is 0 Å². The normalized spacial score (nSPS) is 14.1. The minimum absolute atomic E-state index is 0.0198. The van der Waals surface area contributed by atoms with Crippen LogP contribution in [0.4, 0.5) is 5.69 Å². The van der Waals surface area contributed by atoms with Gasteiger partial charge in [-0.1, -0.05) is 41.4 Å². The second-order valence-corrected chi connectivity index (χ2v) is 13.9. The number of rotatable bonds is 11. The molecule has 3 aromatic rings. The molecule has 198 valence electrons. The van der Waals surface area contributed by atoms with Crippen LogP contribution in [0.15, 0.2) is 65.6 Å². The van der Waals surface area contributed by atoms with Crippen LogP contribution in [-0.2, 0) is 36.6 Å². The number of phenols is 1. The summed E-state index contributed by atoms with van der Waals surface area (Å²) in [4.78, 5) is 12.0. The van der Waals surface area contributed by atoms with E-state index in [1.807, 2.05) is 0 Å². The van der Waals surface area contributed by atoms with Crippen LogP contribution in [0.3, 0.4) is 0 Å². The van der Waals surface area contributed by atoms with Crippen molar-refractivity contribution in [2.24, 2.45) is 0 Å². The smallest absolute Gasteiger partial charge is 0.326 e. The summed E-state index contributed by atoms with van der Waals surface area (Å²) in [5.41, 5.74) is 1.38. The summed E-state index contributed by atoms with van der Waals surface area (Å²) in [6.45, 7) is 0. The van der Waals surface area contributed by atoms with Crippen molar-refractivity contribution in [3.8, 4) is 5.75 Å². The molecule has 0 heterocycles. The maximum Gasteiger partial charge on any atom is 0.326 e. The first-order valence-corrected chi connectivity index (χ1v) is 15.5. The van der Waals surface area contributed by atoms with E-state index in [9.17, 15) is 28.0 Å². The zero-order chi connectivity index (χ0) is 27.4. The topological polar surface area (TPSA) is 130 Å². The Kier molecular flexibility index (Phi) is 9.32. The first-order chi connectivity index (χ1) is 17.3. The van der Waals surface area contributed by atoms with Gasteiger partial charge in [-0.25, -0.2) is 13.2 Å². The fourth-order valence-electron chi connectivity index (χ4n) is 3.73. The molecule has 3 aromatic carbocycles. The number of carboxylic acids is 1. The number of aliphatic carboxylic acids is 1. The largest absolute Gasteiger partial charge is 0.508 e. The fourth-order valence-corrected chi connectivity index (χ4v) is 6.91. The molecule has 2 atom stereocenters. The number of phenolic OH excluding ortho intramolecular Hbond substituents is 1. The average Bonchev–Trinajstić information content (AvgIpc) is 2.83. The lowest BCUT2D eigenvalue weighted by atomic mass is 10.1. The monoisotopic (exact) mass is 585 g/mol. The number of carbonyl (C=O) groups is 1. The Hall–Kier alpha value is -2.55. The highest BCUT2D eigenvalue weighted by Crippen LogP contribution is 2.46. The molecule has 0 aliphatic rings. The van der Waals surface area contributed by atoms with Gasteiger partial charge in [0.05, 0.1) is 20.6 Å². The summed E-state index contributed by atoms with van der Waals surface area (Å²) in [6, 6.07) is 14.2. The van der Waals surface area contributed by atoms with Gasteiger partial charge < -0.3 is 20.1 Å². The molecule has 12 heteroatoms. The molecule has 37 heavy (non-hydrogen) atoms. The Labute approximate surface area is 225 Å². The van der Waals surface area contributed by atoms with Crippen LogP contribution < -0.4 is 10.6 Å². The minimum atomic E-state index is -3.45. The summed E-state index contributed by atoms with van der Waals surface area (Å²) in [5, 5.41) is 23.1. The number of halogens is 2. The van der Waals surface area contributed by atoms with Crippen LogP contribution in [0, 0.1) is 0 Å². The van der Waals surface area contributed by atoms with Crippen LogP contribution in [0.5, 0.6) is 5.75 Å². The van der Waals surface area contributed by atoms with Crippen molar-refractivity contribution in [2.75, 3.05) is 24.8 Å². The van der Waals surface area contributed by atoms with E-state index >= 15 is 0 Å². The lowest BCUT2D eigenvalue weighted by molar-refractivity contribution is -0.137. The highest BCUT2D eigenvalue weighted by molar-refractivity contribution is 7.90. The molecule has 0 fully saturated rings. The van der Waals surface area contributed by atoms with Gasteiger partial charge in [0.1, 0.15) is 11.8 Å². The molecule has 8 nitrogen and oxygen atoms in total. The van der Waals surface area contributed by atoms with Crippen LogP contribution in [0.1, 0.15) is 11.1 Å².